The minimum absolute atomic E-state index is 0.146. The lowest BCUT2D eigenvalue weighted by Crippen LogP contribution is -2.36. The zero-order chi connectivity index (χ0) is 19.1. The standard InChI is InChI=1S/C18H16Cl2N2O4/c1-26-18(25)12-4-7-14(20)15(10-12)22-17(24)16(23)21-9-8-11-2-5-13(19)6-3-11/h2-7,10H,8-9H2,1H3,(H,21,23)(H,22,24). The van der Waals surface area contributed by atoms with E-state index in [1.54, 1.807) is 12.1 Å². The van der Waals surface area contributed by atoms with E-state index in [1.165, 1.54) is 25.3 Å². The fraction of sp³-hybridized carbons (Fsp3) is 0.167. The molecule has 26 heavy (non-hydrogen) atoms. The Morgan fingerprint density at radius 3 is 2.35 bits per heavy atom. The molecule has 0 saturated carbocycles. The summed E-state index contributed by atoms with van der Waals surface area (Å²) >= 11 is 11.8. The number of hydrogen-bond acceptors (Lipinski definition) is 4. The third-order valence-electron chi connectivity index (χ3n) is 3.45. The van der Waals surface area contributed by atoms with Crippen LogP contribution in [0.1, 0.15) is 15.9 Å². The normalized spacial score (nSPS) is 10.1. The summed E-state index contributed by atoms with van der Waals surface area (Å²) in [5.74, 6) is -2.27. The van der Waals surface area contributed by atoms with Crippen LogP contribution in [0.3, 0.4) is 0 Å². The number of nitrogens with one attached hydrogen (secondary N) is 2. The van der Waals surface area contributed by atoms with Gasteiger partial charge in [0.05, 0.1) is 23.4 Å². The molecule has 8 heteroatoms. The molecule has 0 saturated heterocycles. The maximum Gasteiger partial charge on any atom is 0.337 e. The Morgan fingerprint density at radius 2 is 1.69 bits per heavy atom. The third-order valence-corrected chi connectivity index (χ3v) is 4.04. The maximum absolute atomic E-state index is 12.0. The first-order chi connectivity index (χ1) is 12.4. The molecule has 6 nitrogen and oxygen atoms in total. The second kappa shape index (κ2) is 9.22. The van der Waals surface area contributed by atoms with Gasteiger partial charge < -0.3 is 15.4 Å². The van der Waals surface area contributed by atoms with Crippen LogP contribution < -0.4 is 10.6 Å². The second-order valence-electron chi connectivity index (χ2n) is 5.27. The van der Waals surface area contributed by atoms with Gasteiger partial charge in [-0.2, -0.15) is 0 Å². The number of ether oxygens (including phenoxy) is 1. The van der Waals surface area contributed by atoms with Gasteiger partial charge in [0.2, 0.25) is 0 Å². The third kappa shape index (κ3) is 5.47. The molecule has 2 aromatic carbocycles. The van der Waals surface area contributed by atoms with E-state index in [0.29, 0.717) is 11.4 Å². The lowest BCUT2D eigenvalue weighted by molar-refractivity contribution is -0.136. The monoisotopic (exact) mass is 394 g/mol. The van der Waals surface area contributed by atoms with Crippen LogP contribution in [-0.2, 0) is 20.7 Å². The van der Waals surface area contributed by atoms with Crippen LogP contribution in [-0.4, -0.2) is 31.4 Å². The first-order valence-electron chi connectivity index (χ1n) is 7.62. The van der Waals surface area contributed by atoms with Crippen LogP contribution in [0, 0.1) is 0 Å². The van der Waals surface area contributed by atoms with Gasteiger partial charge in [-0.1, -0.05) is 35.3 Å². The molecule has 0 heterocycles. The van der Waals surface area contributed by atoms with E-state index in [2.05, 4.69) is 15.4 Å². The number of carbonyl (C=O) groups excluding carboxylic acids is 3. The lowest BCUT2D eigenvalue weighted by atomic mass is 10.1. The molecule has 2 rings (SSSR count). The SMILES string of the molecule is COC(=O)c1ccc(Cl)c(NC(=O)C(=O)NCCc2ccc(Cl)cc2)c1. The van der Waals surface area contributed by atoms with Gasteiger partial charge in [0, 0.05) is 11.6 Å². The number of rotatable bonds is 5. The predicted octanol–water partition coefficient (Wildman–Crippen LogP) is 3.08. The fourth-order valence-electron chi connectivity index (χ4n) is 2.10. The summed E-state index contributed by atoms with van der Waals surface area (Å²) in [5.41, 5.74) is 1.33. The van der Waals surface area contributed by atoms with Crippen molar-refractivity contribution in [3.8, 4) is 0 Å². The van der Waals surface area contributed by atoms with E-state index in [-0.39, 0.29) is 22.8 Å². The Hall–Kier alpha value is -2.57. The number of benzene rings is 2. The topological polar surface area (TPSA) is 84.5 Å². The molecule has 0 aromatic heterocycles. The molecule has 0 bridgehead atoms. The highest BCUT2D eigenvalue weighted by atomic mass is 35.5. The Labute approximate surface area is 160 Å². The summed E-state index contributed by atoms with van der Waals surface area (Å²) in [6.07, 6.45) is 0.550. The van der Waals surface area contributed by atoms with E-state index in [9.17, 15) is 14.4 Å². The summed E-state index contributed by atoms with van der Waals surface area (Å²) in [4.78, 5) is 35.4. The molecule has 0 unspecified atom stereocenters. The van der Waals surface area contributed by atoms with Crippen molar-refractivity contribution in [2.45, 2.75) is 6.42 Å². The predicted molar refractivity (Wildman–Crippen MR) is 99.6 cm³/mol. The average molecular weight is 395 g/mol. The minimum atomic E-state index is -0.884. The number of hydrogen-bond donors (Lipinski definition) is 2. The van der Waals surface area contributed by atoms with Crippen molar-refractivity contribution in [1.29, 1.82) is 0 Å². The van der Waals surface area contributed by atoms with E-state index in [4.69, 9.17) is 23.2 Å². The van der Waals surface area contributed by atoms with Crippen LogP contribution >= 0.6 is 23.2 Å². The van der Waals surface area contributed by atoms with Crippen molar-refractivity contribution in [3.63, 3.8) is 0 Å². The smallest absolute Gasteiger partial charge is 0.337 e. The summed E-state index contributed by atoms with van der Waals surface area (Å²) < 4.78 is 4.60. The molecule has 2 N–H and O–H groups in total. The summed E-state index contributed by atoms with van der Waals surface area (Å²) in [5, 5.41) is 5.71. The molecular weight excluding hydrogens is 379 g/mol. The molecular formula is C18H16Cl2N2O4. The van der Waals surface area contributed by atoms with Crippen LogP contribution in [0.25, 0.3) is 0 Å². The Balaban J connectivity index is 1.91. The van der Waals surface area contributed by atoms with Crippen LogP contribution in [0.4, 0.5) is 5.69 Å². The van der Waals surface area contributed by atoms with Crippen molar-refractivity contribution in [2.75, 3.05) is 19.0 Å². The van der Waals surface area contributed by atoms with Crippen molar-refractivity contribution in [3.05, 3.63) is 63.6 Å². The van der Waals surface area contributed by atoms with Crippen molar-refractivity contribution < 1.29 is 19.1 Å². The minimum Gasteiger partial charge on any atom is -0.465 e. The van der Waals surface area contributed by atoms with Crippen molar-refractivity contribution in [1.82, 2.24) is 5.32 Å². The first-order valence-corrected chi connectivity index (χ1v) is 8.38. The Kier molecular flexibility index (Phi) is 7.00. The lowest BCUT2D eigenvalue weighted by Gasteiger charge is -2.09. The molecule has 0 spiro atoms. The van der Waals surface area contributed by atoms with Gasteiger partial charge in [0.25, 0.3) is 0 Å². The largest absolute Gasteiger partial charge is 0.465 e. The van der Waals surface area contributed by atoms with E-state index < -0.39 is 17.8 Å². The Bertz CT molecular complexity index is 822. The van der Waals surface area contributed by atoms with Crippen LogP contribution in [0.2, 0.25) is 10.0 Å². The molecule has 0 atom stereocenters. The molecule has 0 aliphatic carbocycles. The van der Waals surface area contributed by atoms with Gasteiger partial charge in [-0.3, -0.25) is 9.59 Å². The van der Waals surface area contributed by atoms with Crippen molar-refractivity contribution in [2.24, 2.45) is 0 Å². The zero-order valence-electron chi connectivity index (χ0n) is 13.8. The molecule has 2 amide bonds. The van der Waals surface area contributed by atoms with Crippen LogP contribution in [0.15, 0.2) is 42.5 Å². The number of methoxy groups -OCH3 is 1. The van der Waals surface area contributed by atoms with Gasteiger partial charge in [-0.25, -0.2) is 4.79 Å². The summed E-state index contributed by atoms with van der Waals surface area (Å²) in [6, 6.07) is 11.4. The molecule has 0 fully saturated rings. The molecule has 2 aromatic rings. The highest BCUT2D eigenvalue weighted by Gasteiger charge is 2.16. The van der Waals surface area contributed by atoms with E-state index >= 15 is 0 Å². The van der Waals surface area contributed by atoms with E-state index in [0.717, 1.165) is 5.56 Å². The maximum atomic E-state index is 12.0. The van der Waals surface area contributed by atoms with Gasteiger partial charge >= 0.3 is 17.8 Å². The van der Waals surface area contributed by atoms with Crippen molar-refractivity contribution >= 4 is 46.7 Å². The first kappa shape index (κ1) is 19.8. The van der Waals surface area contributed by atoms with Crippen LogP contribution in [0.5, 0.6) is 0 Å². The second-order valence-corrected chi connectivity index (χ2v) is 6.12. The zero-order valence-corrected chi connectivity index (χ0v) is 15.4. The molecule has 136 valence electrons. The van der Waals surface area contributed by atoms with Gasteiger partial charge in [-0.05, 0) is 42.3 Å². The molecule has 0 aliphatic rings. The Morgan fingerprint density at radius 1 is 1.00 bits per heavy atom. The fourth-order valence-corrected chi connectivity index (χ4v) is 2.39. The number of amides is 2. The highest BCUT2D eigenvalue weighted by molar-refractivity contribution is 6.41. The molecule has 0 aliphatic heterocycles. The average Bonchev–Trinajstić information content (AvgIpc) is 2.64. The van der Waals surface area contributed by atoms with Gasteiger partial charge in [0.1, 0.15) is 0 Å². The quantitative estimate of drug-likeness (QED) is 0.602. The van der Waals surface area contributed by atoms with E-state index in [1.807, 2.05) is 12.1 Å². The number of anilines is 1. The number of halogens is 2. The van der Waals surface area contributed by atoms with Gasteiger partial charge in [0.15, 0.2) is 0 Å². The summed E-state index contributed by atoms with van der Waals surface area (Å²) in [6.45, 7) is 0.282. The molecule has 0 radical (unpaired) electrons. The highest BCUT2D eigenvalue weighted by Crippen LogP contribution is 2.23. The van der Waals surface area contributed by atoms with Gasteiger partial charge in [-0.15, -0.1) is 0 Å². The number of esters is 1. The summed E-state index contributed by atoms with van der Waals surface area (Å²) in [7, 11) is 1.24. The number of carbonyl (C=O) groups is 3.